The van der Waals surface area contributed by atoms with Crippen LogP contribution in [0, 0.1) is 11.7 Å². The predicted molar refractivity (Wildman–Crippen MR) is 86.5 cm³/mol. The van der Waals surface area contributed by atoms with Gasteiger partial charge in [-0.25, -0.2) is 9.18 Å². The van der Waals surface area contributed by atoms with E-state index in [1.54, 1.807) is 0 Å². The minimum Gasteiger partial charge on any atom is -0.462 e. The van der Waals surface area contributed by atoms with Gasteiger partial charge in [0.15, 0.2) is 0 Å². The zero-order valence-corrected chi connectivity index (χ0v) is 14.1. The van der Waals surface area contributed by atoms with Gasteiger partial charge in [-0.2, -0.15) is 13.2 Å². The Morgan fingerprint density at radius 2 is 1.85 bits per heavy atom. The first kappa shape index (κ1) is 17.9. The number of halogens is 4. The number of ether oxygens (including phenoxy) is 1. The molecule has 0 saturated heterocycles. The van der Waals surface area contributed by atoms with Crippen LogP contribution in [0.3, 0.4) is 0 Å². The van der Waals surface area contributed by atoms with Gasteiger partial charge in [-0.05, 0) is 30.5 Å². The number of rotatable bonds is 1. The Kier molecular flexibility index (Phi) is 4.16. The molecule has 2 atom stereocenters. The molecule has 27 heavy (non-hydrogen) atoms. The molecule has 2 unspecified atom stereocenters. The minimum atomic E-state index is -4.88. The van der Waals surface area contributed by atoms with Crippen LogP contribution in [0.25, 0.3) is 0 Å². The standard InChI is InChI=1S/C19H15F4NO3/c20-11-5-4-9(8-10(11)19(21,22)23)15-16-12(2-1-3-14(16)25)24-13-6-7-27-18(26)17(13)15/h4-5,8,15-16H,1-3,6-7H2. The molecular weight excluding hydrogens is 366 g/mol. The molecule has 142 valence electrons. The van der Waals surface area contributed by atoms with Crippen molar-refractivity contribution in [1.29, 1.82) is 0 Å². The third-order valence-corrected chi connectivity index (χ3v) is 5.24. The van der Waals surface area contributed by atoms with Gasteiger partial charge < -0.3 is 4.74 Å². The third kappa shape index (κ3) is 2.96. The van der Waals surface area contributed by atoms with Gasteiger partial charge in [-0.1, -0.05) is 6.07 Å². The van der Waals surface area contributed by atoms with Crippen molar-refractivity contribution in [2.24, 2.45) is 10.9 Å². The highest BCUT2D eigenvalue weighted by molar-refractivity contribution is 6.11. The molecule has 0 bridgehead atoms. The Labute approximate surface area is 151 Å². The van der Waals surface area contributed by atoms with Crippen molar-refractivity contribution < 1.29 is 31.9 Å². The van der Waals surface area contributed by atoms with Crippen LogP contribution in [0.1, 0.15) is 42.7 Å². The summed E-state index contributed by atoms with van der Waals surface area (Å²) in [5, 5.41) is 0. The molecule has 1 aromatic rings. The molecule has 0 aromatic heterocycles. The van der Waals surface area contributed by atoms with E-state index in [2.05, 4.69) is 4.99 Å². The van der Waals surface area contributed by atoms with E-state index < -0.39 is 35.4 Å². The summed E-state index contributed by atoms with van der Waals surface area (Å²) in [5.74, 6) is -4.00. The SMILES string of the molecule is O=C1OCCC2=C1C(c1ccc(F)c(C(F)(F)F)c1)C1C(=O)CCCC1=N2. The maximum Gasteiger partial charge on any atom is 0.419 e. The van der Waals surface area contributed by atoms with E-state index in [1.807, 2.05) is 0 Å². The normalized spacial score (nSPS) is 25.6. The van der Waals surface area contributed by atoms with Gasteiger partial charge in [0.25, 0.3) is 0 Å². The summed E-state index contributed by atoms with van der Waals surface area (Å²) >= 11 is 0. The van der Waals surface area contributed by atoms with Gasteiger partial charge in [0.2, 0.25) is 0 Å². The molecule has 4 nitrogen and oxygen atoms in total. The number of alkyl halides is 3. The molecule has 0 spiro atoms. The van der Waals surface area contributed by atoms with Gasteiger partial charge >= 0.3 is 12.1 Å². The van der Waals surface area contributed by atoms with Crippen molar-refractivity contribution in [1.82, 2.24) is 0 Å². The van der Waals surface area contributed by atoms with Crippen molar-refractivity contribution >= 4 is 17.5 Å². The van der Waals surface area contributed by atoms with Gasteiger partial charge in [0.05, 0.1) is 29.4 Å². The quantitative estimate of drug-likeness (QED) is 0.547. The summed E-state index contributed by atoms with van der Waals surface area (Å²) in [5.41, 5.74) is -0.191. The lowest BCUT2D eigenvalue weighted by molar-refractivity contribution is -0.141. The number of aliphatic imine (C=N–C) groups is 1. The maximum atomic E-state index is 13.7. The first-order valence-corrected chi connectivity index (χ1v) is 8.64. The van der Waals surface area contributed by atoms with Gasteiger partial charge in [-0.3, -0.25) is 9.79 Å². The monoisotopic (exact) mass is 381 g/mol. The molecule has 1 fully saturated rings. The number of carbonyl (C=O) groups excluding carboxylic acids is 2. The first-order valence-electron chi connectivity index (χ1n) is 8.64. The molecule has 0 amide bonds. The van der Waals surface area contributed by atoms with E-state index in [4.69, 9.17) is 4.74 Å². The zero-order valence-electron chi connectivity index (χ0n) is 14.1. The Balaban J connectivity index is 1.91. The first-order chi connectivity index (χ1) is 12.8. The molecule has 0 N–H and O–H groups in total. The largest absolute Gasteiger partial charge is 0.462 e. The number of cyclic esters (lactones) is 1. The number of hydrogen-bond donors (Lipinski definition) is 0. The Hall–Kier alpha value is -2.51. The molecule has 3 aliphatic rings. The highest BCUT2D eigenvalue weighted by atomic mass is 19.4. The second-order valence-electron chi connectivity index (χ2n) is 6.86. The van der Waals surface area contributed by atoms with Gasteiger partial charge in [0, 0.05) is 24.5 Å². The average molecular weight is 381 g/mol. The molecule has 1 aliphatic carbocycles. The zero-order chi connectivity index (χ0) is 19.3. The summed E-state index contributed by atoms with van der Waals surface area (Å²) in [6.07, 6.45) is -3.11. The molecule has 1 aromatic carbocycles. The van der Waals surface area contributed by atoms with Crippen LogP contribution in [-0.4, -0.2) is 24.1 Å². The van der Waals surface area contributed by atoms with Crippen molar-refractivity contribution in [2.45, 2.75) is 37.8 Å². The fourth-order valence-electron chi connectivity index (χ4n) is 4.09. The van der Waals surface area contributed by atoms with E-state index in [9.17, 15) is 27.2 Å². The van der Waals surface area contributed by atoms with E-state index in [-0.39, 0.29) is 29.9 Å². The van der Waals surface area contributed by atoms with Crippen molar-refractivity contribution in [3.63, 3.8) is 0 Å². The van der Waals surface area contributed by atoms with Crippen molar-refractivity contribution in [2.75, 3.05) is 6.61 Å². The van der Waals surface area contributed by atoms with Crippen LogP contribution in [0.5, 0.6) is 0 Å². The van der Waals surface area contributed by atoms with E-state index in [0.29, 0.717) is 36.7 Å². The summed E-state index contributed by atoms with van der Waals surface area (Å²) in [4.78, 5) is 29.4. The van der Waals surface area contributed by atoms with Crippen molar-refractivity contribution in [3.05, 3.63) is 46.4 Å². The number of carbonyl (C=O) groups is 2. The Bertz CT molecular complexity index is 901. The molecule has 2 heterocycles. The highest BCUT2D eigenvalue weighted by Crippen LogP contribution is 2.46. The number of Topliss-reactive ketones (excluding diaryl/α,β-unsaturated/α-hetero) is 1. The molecule has 4 rings (SSSR count). The second kappa shape index (κ2) is 6.28. The summed E-state index contributed by atoms with van der Waals surface area (Å²) in [6, 6.07) is 2.62. The summed E-state index contributed by atoms with van der Waals surface area (Å²) in [6.45, 7) is 0.136. The lowest BCUT2D eigenvalue weighted by atomic mass is 9.69. The van der Waals surface area contributed by atoms with E-state index >= 15 is 0 Å². The number of benzene rings is 1. The van der Waals surface area contributed by atoms with Crippen molar-refractivity contribution in [3.8, 4) is 0 Å². The highest BCUT2D eigenvalue weighted by Gasteiger charge is 2.46. The summed E-state index contributed by atoms with van der Waals surface area (Å²) in [7, 11) is 0. The number of hydrogen-bond acceptors (Lipinski definition) is 4. The minimum absolute atomic E-state index is 0.0720. The number of esters is 1. The fraction of sp³-hybridized carbons (Fsp3) is 0.421. The smallest absolute Gasteiger partial charge is 0.419 e. The molecule has 0 radical (unpaired) electrons. The molecular formula is C19H15F4NO3. The lowest BCUT2D eigenvalue weighted by Gasteiger charge is -2.37. The molecule has 8 heteroatoms. The molecule has 2 aliphatic heterocycles. The topological polar surface area (TPSA) is 55.7 Å². The van der Waals surface area contributed by atoms with Crippen LogP contribution >= 0.6 is 0 Å². The van der Waals surface area contributed by atoms with Crippen LogP contribution in [0.2, 0.25) is 0 Å². The van der Waals surface area contributed by atoms with Gasteiger partial charge in [-0.15, -0.1) is 0 Å². The lowest BCUT2D eigenvalue weighted by Crippen LogP contribution is -2.40. The second-order valence-corrected chi connectivity index (χ2v) is 6.86. The van der Waals surface area contributed by atoms with Crippen LogP contribution in [0.4, 0.5) is 17.6 Å². The van der Waals surface area contributed by atoms with E-state index in [0.717, 1.165) is 6.07 Å². The van der Waals surface area contributed by atoms with Crippen LogP contribution < -0.4 is 0 Å². The Morgan fingerprint density at radius 3 is 2.59 bits per heavy atom. The van der Waals surface area contributed by atoms with E-state index in [1.165, 1.54) is 6.07 Å². The molecule has 1 saturated carbocycles. The van der Waals surface area contributed by atoms with Crippen LogP contribution in [0.15, 0.2) is 34.5 Å². The number of ketones is 1. The van der Waals surface area contributed by atoms with Crippen LogP contribution in [-0.2, 0) is 20.5 Å². The van der Waals surface area contributed by atoms with Gasteiger partial charge in [0.1, 0.15) is 11.6 Å². The predicted octanol–water partition coefficient (Wildman–Crippen LogP) is 3.95. The summed E-state index contributed by atoms with van der Waals surface area (Å²) < 4.78 is 58.3. The third-order valence-electron chi connectivity index (χ3n) is 5.24. The fourth-order valence-corrected chi connectivity index (χ4v) is 4.09. The number of nitrogens with zero attached hydrogens (tertiary/aromatic N) is 1. The average Bonchev–Trinajstić information content (AvgIpc) is 2.60. The Morgan fingerprint density at radius 1 is 1.07 bits per heavy atom. The number of fused-ring (bicyclic) bond motifs is 1. The maximum absolute atomic E-state index is 13.7.